The second-order valence-electron chi connectivity index (χ2n) is 4.78. The van der Waals surface area contributed by atoms with Gasteiger partial charge in [-0.15, -0.1) is 11.3 Å². The molecule has 0 spiro atoms. The van der Waals surface area contributed by atoms with Crippen LogP contribution in [0.1, 0.15) is 31.6 Å². The van der Waals surface area contributed by atoms with E-state index in [-0.39, 0.29) is 12.0 Å². The molecule has 0 aliphatic rings. The molecular formula is C17H21NO2S. The van der Waals surface area contributed by atoms with E-state index in [1.807, 2.05) is 35.8 Å². The monoisotopic (exact) mass is 303 g/mol. The van der Waals surface area contributed by atoms with Gasteiger partial charge < -0.3 is 9.47 Å². The topological polar surface area (TPSA) is 31.4 Å². The van der Waals surface area contributed by atoms with Gasteiger partial charge in [0.2, 0.25) is 0 Å². The number of nitrogens with zero attached hydrogens (tertiary/aromatic N) is 1. The standard InChI is InChI=1S/C17H21NO2S/c1-3-7-14(10-11-19-2)17(16-12-21-13-18-16)20-15-8-5-4-6-9-15/h4-6,8-14,17H,3,7H2,1-2H3. The number of para-hydroxylation sites is 1. The summed E-state index contributed by atoms with van der Waals surface area (Å²) in [6.07, 6.45) is 5.81. The Kier molecular flexibility index (Phi) is 6.28. The normalized spacial score (nSPS) is 14.0. The summed E-state index contributed by atoms with van der Waals surface area (Å²) in [6, 6.07) is 9.89. The van der Waals surface area contributed by atoms with Crippen LogP contribution in [0.2, 0.25) is 0 Å². The van der Waals surface area contributed by atoms with E-state index < -0.39 is 0 Å². The summed E-state index contributed by atoms with van der Waals surface area (Å²) in [5.41, 5.74) is 2.82. The Bertz CT molecular complexity index is 525. The van der Waals surface area contributed by atoms with E-state index in [0.717, 1.165) is 24.3 Å². The number of benzene rings is 1. The van der Waals surface area contributed by atoms with Crippen molar-refractivity contribution in [2.24, 2.45) is 5.92 Å². The first-order valence-electron chi connectivity index (χ1n) is 7.14. The predicted octanol–water partition coefficient (Wildman–Crippen LogP) is 4.84. The molecule has 112 valence electrons. The Morgan fingerprint density at radius 3 is 2.71 bits per heavy atom. The van der Waals surface area contributed by atoms with Gasteiger partial charge in [-0.3, -0.25) is 0 Å². The third kappa shape index (κ3) is 4.60. The summed E-state index contributed by atoms with van der Waals surface area (Å²) < 4.78 is 11.3. The van der Waals surface area contributed by atoms with Gasteiger partial charge in [0.05, 0.1) is 24.6 Å². The molecule has 0 saturated heterocycles. The molecule has 0 saturated carbocycles. The van der Waals surface area contributed by atoms with Crippen LogP contribution >= 0.6 is 11.3 Å². The second kappa shape index (κ2) is 8.47. The minimum absolute atomic E-state index is 0.0926. The van der Waals surface area contributed by atoms with E-state index in [9.17, 15) is 0 Å². The number of hydrogen-bond acceptors (Lipinski definition) is 4. The molecule has 0 amide bonds. The number of rotatable bonds is 8. The van der Waals surface area contributed by atoms with Crippen molar-refractivity contribution < 1.29 is 9.47 Å². The Morgan fingerprint density at radius 1 is 1.29 bits per heavy atom. The van der Waals surface area contributed by atoms with Crippen molar-refractivity contribution in [1.82, 2.24) is 4.98 Å². The van der Waals surface area contributed by atoms with Crippen molar-refractivity contribution in [1.29, 1.82) is 0 Å². The van der Waals surface area contributed by atoms with Crippen LogP contribution in [0.15, 0.2) is 53.6 Å². The summed E-state index contributed by atoms with van der Waals surface area (Å²) >= 11 is 1.59. The van der Waals surface area contributed by atoms with Crippen molar-refractivity contribution in [3.8, 4) is 5.75 Å². The third-order valence-corrected chi connectivity index (χ3v) is 3.83. The fourth-order valence-electron chi connectivity index (χ4n) is 2.24. The quantitative estimate of drug-likeness (QED) is 0.654. The molecule has 1 heterocycles. The maximum Gasteiger partial charge on any atom is 0.148 e. The summed E-state index contributed by atoms with van der Waals surface area (Å²) in [6.45, 7) is 2.17. The van der Waals surface area contributed by atoms with Gasteiger partial charge in [0.15, 0.2) is 0 Å². The van der Waals surface area contributed by atoms with E-state index in [1.165, 1.54) is 0 Å². The first-order valence-corrected chi connectivity index (χ1v) is 8.08. The van der Waals surface area contributed by atoms with Crippen molar-refractivity contribution in [2.45, 2.75) is 25.9 Å². The van der Waals surface area contributed by atoms with Gasteiger partial charge in [-0.1, -0.05) is 31.5 Å². The van der Waals surface area contributed by atoms with Gasteiger partial charge in [-0.25, -0.2) is 4.98 Å². The molecule has 2 unspecified atom stereocenters. The Balaban J connectivity index is 2.24. The number of aromatic nitrogens is 1. The lowest BCUT2D eigenvalue weighted by Crippen LogP contribution is -2.18. The molecule has 0 N–H and O–H groups in total. The van der Waals surface area contributed by atoms with Crippen LogP contribution < -0.4 is 4.74 Å². The Morgan fingerprint density at radius 2 is 2.10 bits per heavy atom. The SMILES string of the molecule is CCCC(C=COC)C(Oc1ccccc1)c1cscn1. The van der Waals surface area contributed by atoms with Crippen molar-refractivity contribution in [2.75, 3.05) is 7.11 Å². The summed E-state index contributed by atoms with van der Waals surface area (Å²) in [7, 11) is 1.66. The highest BCUT2D eigenvalue weighted by atomic mass is 32.1. The Labute approximate surface area is 130 Å². The van der Waals surface area contributed by atoms with Crippen LogP contribution in [0, 0.1) is 5.92 Å². The van der Waals surface area contributed by atoms with Gasteiger partial charge in [-0.2, -0.15) is 0 Å². The molecule has 0 radical (unpaired) electrons. The summed E-state index contributed by atoms with van der Waals surface area (Å²) in [5.74, 6) is 1.10. The highest BCUT2D eigenvalue weighted by Gasteiger charge is 2.24. The second-order valence-corrected chi connectivity index (χ2v) is 5.50. The number of ether oxygens (including phenoxy) is 2. The van der Waals surface area contributed by atoms with E-state index >= 15 is 0 Å². The molecule has 0 aliphatic carbocycles. The first kappa shape index (κ1) is 15.6. The van der Waals surface area contributed by atoms with E-state index in [1.54, 1.807) is 24.7 Å². The zero-order valence-corrected chi connectivity index (χ0v) is 13.3. The molecule has 3 nitrogen and oxygen atoms in total. The molecule has 1 aromatic carbocycles. The van der Waals surface area contributed by atoms with E-state index in [4.69, 9.17) is 9.47 Å². The van der Waals surface area contributed by atoms with E-state index in [2.05, 4.69) is 23.4 Å². The lowest BCUT2D eigenvalue weighted by Gasteiger charge is -2.24. The Hall–Kier alpha value is -1.81. The average Bonchev–Trinajstić information content (AvgIpc) is 3.04. The minimum Gasteiger partial charge on any atom is -0.505 e. The zero-order chi connectivity index (χ0) is 14.9. The highest BCUT2D eigenvalue weighted by molar-refractivity contribution is 7.07. The number of thiazole rings is 1. The van der Waals surface area contributed by atoms with Crippen molar-refractivity contribution >= 4 is 11.3 Å². The molecule has 2 atom stereocenters. The molecule has 0 bridgehead atoms. The molecule has 2 aromatic rings. The van der Waals surface area contributed by atoms with Crippen molar-refractivity contribution in [3.05, 3.63) is 59.3 Å². The lowest BCUT2D eigenvalue weighted by atomic mass is 9.95. The highest BCUT2D eigenvalue weighted by Crippen LogP contribution is 2.32. The smallest absolute Gasteiger partial charge is 0.148 e. The molecule has 0 aliphatic heterocycles. The predicted molar refractivity (Wildman–Crippen MR) is 86.5 cm³/mol. The van der Waals surface area contributed by atoms with Gasteiger partial charge in [-0.05, 0) is 24.6 Å². The molecular weight excluding hydrogens is 282 g/mol. The molecule has 0 fully saturated rings. The van der Waals surface area contributed by atoms with Crippen LogP contribution in [0.3, 0.4) is 0 Å². The molecule has 4 heteroatoms. The van der Waals surface area contributed by atoms with Crippen LogP contribution in [0.25, 0.3) is 0 Å². The third-order valence-electron chi connectivity index (χ3n) is 3.22. The maximum absolute atomic E-state index is 6.21. The molecule has 2 rings (SSSR count). The van der Waals surface area contributed by atoms with Crippen molar-refractivity contribution in [3.63, 3.8) is 0 Å². The van der Waals surface area contributed by atoms with E-state index in [0.29, 0.717) is 0 Å². The zero-order valence-electron chi connectivity index (χ0n) is 12.4. The average molecular weight is 303 g/mol. The van der Waals surface area contributed by atoms with Crippen LogP contribution in [0.4, 0.5) is 0 Å². The summed E-state index contributed by atoms with van der Waals surface area (Å²) in [5, 5.41) is 2.05. The fraction of sp³-hybridized carbons (Fsp3) is 0.353. The van der Waals surface area contributed by atoms with Gasteiger partial charge in [0.25, 0.3) is 0 Å². The van der Waals surface area contributed by atoms with Crippen LogP contribution in [-0.4, -0.2) is 12.1 Å². The van der Waals surface area contributed by atoms with Gasteiger partial charge in [0.1, 0.15) is 11.9 Å². The fourth-order valence-corrected chi connectivity index (χ4v) is 2.81. The maximum atomic E-state index is 6.21. The van der Waals surface area contributed by atoms with Crippen LogP contribution in [-0.2, 0) is 4.74 Å². The summed E-state index contributed by atoms with van der Waals surface area (Å²) in [4.78, 5) is 4.44. The minimum atomic E-state index is -0.0926. The van der Waals surface area contributed by atoms with Crippen LogP contribution in [0.5, 0.6) is 5.75 Å². The number of hydrogen-bond donors (Lipinski definition) is 0. The molecule has 21 heavy (non-hydrogen) atoms. The number of methoxy groups -OCH3 is 1. The van der Waals surface area contributed by atoms with Gasteiger partial charge in [0, 0.05) is 11.3 Å². The van der Waals surface area contributed by atoms with Gasteiger partial charge >= 0.3 is 0 Å². The molecule has 1 aromatic heterocycles. The largest absolute Gasteiger partial charge is 0.505 e. The lowest BCUT2D eigenvalue weighted by molar-refractivity contribution is 0.147. The first-order chi connectivity index (χ1) is 10.3.